The van der Waals surface area contributed by atoms with Gasteiger partial charge in [-0.1, -0.05) is 32.0 Å². The van der Waals surface area contributed by atoms with Gasteiger partial charge in [-0.15, -0.1) is 0 Å². The average molecular weight is 272 g/mol. The predicted molar refractivity (Wildman–Crippen MR) is 81.7 cm³/mol. The number of benzene rings is 1. The Kier molecular flexibility index (Phi) is 3.13. The molecule has 1 aromatic carbocycles. The molecule has 1 N–H and O–H groups in total. The molecule has 0 aliphatic heterocycles. The Morgan fingerprint density at radius 2 is 2.00 bits per heavy atom. The van der Waals surface area contributed by atoms with Gasteiger partial charge in [0.2, 0.25) is 0 Å². The Morgan fingerprint density at radius 3 is 2.65 bits per heavy atom. The molecule has 1 heterocycles. The molecule has 3 nitrogen and oxygen atoms in total. The van der Waals surface area contributed by atoms with Gasteiger partial charge in [-0.05, 0) is 37.7 Å². The summed E-state index contributed by atoms with van der Waals surface area (Å²) in [5, 5.41) is 16.8. The fourth-order valence-electron chi connectivity index (χ4n) is 3.67. The van der Waals surface area contributed by atoms with Crippen molar-refractivity contribution in [3.63, 3.8) is 0 Å². The van der Waals surface area contributed by atoms with Crippen LogP contribution in [0.25, 0.3) is 10.9 Å². The minimum absolute atomic E-state index is 0.248. The molecule has 0 spiro atoms. The molecule has 1 saturated carbocycles. The fraction of sp³-hybridized carbons (Fsp3) is 0.588. The van der Waals surface area contributed by atoms with Crippen molar-refractivity contribution in [3.05, 3.63) is 30.0 Å². The van der Waals surface area contributed by atoms with Crippen molar-refractivity contribution in [2.45, 2.75) is 58.6 Å². The average Bonchev–Trinajstić information content (AvgIpc) is 2.88. The summed E-state index contributed by atoms with van der Waals surface area (Å²) in [6, 6.07) is 8.33. The second-order valence-corrected chi connectivity index (χ2v) is 7.02. The predicted octanol–water partition coefficient (Wildman–Crippen LogP) is 3.54. The van der Waals surface area contributed by atoms with Gasteiger partial charge < -0.3 is 5.11 Å². The molecule has 3 heteroatoms. The van der Waals surface area contributed by atoms with Gasteiger partial charge in [0.25, 0.3) is 0 Å². The first-order valence-corrected chi connectivity index (χ1v) is 7.59. The van der Waals surface area contributed by atoms with Gasteiger partial charge in [0.15, 0.2) is 0 Å². The zero-order chi connectivity index (χ0) is 14.4. The molecule has 1 unspecified atom stereocenters. The highest BCUT2D eigenvalue weighted by Gasteiger charge is 2.42. The fourth-order valence-corrected chi connectivity index (χ4v) is 3.67. The van der Waals surface area contributed by atoms with Crippen LogP contribution in [0.1, 0.15) is 45.7 Å². The third-order valence-corrected chi connectivity index (χ3v) is 4.61. The second kappa shape index (κ2) is 4.59. The van der Waals surface area contributed by atoms with Crippen LogP contribution in [0.15, 0.2) is 24.3 Å². The molecule has 0 bridgehead atoms. The number of rotatable bonds is 3. The maximum Gasteiger partial charge on any atom is 0.0731 e. The zero-order valence-electron chi connectivity index (χ0n) is 12.7. The normalized spacial score (nSPS) is 25.4. The number of fused-ring (bicyclic) bond motifs is 1. The van der Waals surface area contributed by atoms with E-state index >= 15 is 0 Å². The monoisotopic (exact) mass is 272 g/mol. The van der Waals surface area contributed by atoms with Crippen molar-refractivity contribution in [1.29, 1.82) is 0 Å². The molecule has 1 aromatic heterocycles. The van der Waals surface area contributed by atoms with Crippen molar-refractivity contribution in [1.82, 2.24) is 9.78 Å². The lowest BCUT2D eigenvalue weighted by Crippen LogP contribution is -2.29. The van der Waals surface area contributed by atoms with E-state index in [0.717, 1.165) is 31.5 Å². The van der Waals surface area contributed by atoms with Crippen LogP contribution in [0, 0.1) is 5.41 Å². The van der Waals surface area contributed by atoms with Gasteiger partial charge in [0.1, 0.15) is 0 Å². The summed E-state index contributed by atoms with van der Waals surface area (Å²) in [4.78, 5) is 0. The zero-order valence-corrected chi connectivity index (χ0v) is 12.7. The van der Waals surface area contributed by atoms with Crippen LogP contribution < -0.4 is 0 Å². The summed E-state index contributed by atoms with van der Waals surface area (Å²) in [6.45, 7) is 7.46. The maximum absolute atomic E-state index is 10.9. The van der Waals surface area contributed by atoms with E-state index in [0.29, 0.717) is 6.42 Å². The van der Waals surface area contributed by atoms with E-state index in [2.05, 4.69) is 39.0 Å². The van der Waals surface area contributed by atoms with E-state index in [4.69, 9.17) is 5.10 Å². The molecule has 1 aliphatic rings. The van der Waals surface area contributed by atoms with Crippen LogP contribution >= 0.6 is 0 Å². The summed E-state index contributed by atoms with van der Waals surface area (Å²) in [7, 11) is 0. The lowest BCUT2D eigenvalue weighted by molar-refractivity contribution is 0.0371. The first kappa shape index (κ1) is 13.6. The van der Waals surface area contributed by atoms with Gasteiger partial charge >= 0.3 is 0 Å². The topological polar surface area (TPSA) is 38.0 Å². The number of hydrogen-bond acceptors (Lipinski definition) is 2. The molecule has 1 fully saturated rings. The molecular weight excluding hydrogens is 248 g/mol. The van der Waals surface area contributed by atoms with E-state index < -0.39 is 5.60 Å². The van der Waals surface area contributed by atoms with E-state index in [1.165, 1.54) is 10.9 Å². The van der Waals surface area contributed by atoms with E-state index in [-0.39, 0.29) is 5.41 Å². The van der Waals surface area contributed by atoms with E-state index in [9.17, 15) is 5.11 Å². The van der Waals surface area contributed by atoms with Crippen LogP contribution in [-0.2, 0) is 13.0 Å². The summed E-state index contributed by atoms with van der Waals surface area (Å²) < 4.78 is 2.04. The quantitative estimate of drug-likeness (QED) is 0.928. The third-order valence-electron chi connectivity index (χ3n) is 4.61. The minimum atomic E-state index is -0.584. The highest BCUT2D eigenvalue weighted by molar-refractivity contribution is 5.82. The van der Waals surface area contributed by atoms with Crippen LogP contribution in [0.5, 0.6) is 0 Å². The Morgan fingerprint density at radius 1 is 1.25 bits per heavy atom. The first-order chi connectivity index (χ1) is 9.42. The molecule has 20 heavy (non-hydrogen) atoms. The molecule has 0 radical (unpaired) electrons. The standard InChI is InChI=1S/C17H24N2O/c1-4-19-15-8-6-5-7-13(15)14(18-19)11-17(20)10-9-16(2,3)12-17/h5-8,20H,4,9-12H2,1-3H3. The summed E-state index contributed by atoms with van der Waals surface area (Å²) >= 11 is 0. The molecule has 0 saturated heterocycles. The first-order valence-electron chi connectivity index (χ1n) is 7.59. The van der Waals surface area contributed by atoms with Crippen LogP contribution in [-0.4, -0.2) is 20.5 Å². The molecule has 0 amide bonds. The Labute approximate surface area is 120 Å². The molecule has 1 aliphatic carbocycles. The summed E-state index contributed by atoms with van der Waals surface area (Å²) in [5.41, 5.74) is 1.88. The van der Waals surface area contributed by atoms with Crippen molar-refractivity contribution < 1.29 is 5.11 Å². The van der Waals surface area contributed by atoms with Gasteiger partial charge in [0, 0.05) is 18.4 Å². The molecule has 3 rings (SSSR count). The van der Waals surface area contributed by atoms with Crippen molar-refractivity contribution in [2.24, 2.45) is 5.41 Å². The molecule has 108 valence electrons. The Bertz CT molecular complexity index is 629. The lowest BCUT2D eigenvalue weighted by Gasteiger charge is -2.24. The number of aryl methyl sites for hydroxylation is 1. The smallest absolute Gasteiger partial charge is 0.0731 e. The Hall–Kier alpha value is -1.35. The molecular formula is C17H24N2O. The Balaban J connectivity index is 1.96. The van der Waals surface area contributed by atoms with E-state index in [1.807, 2.05) is 10.7 Å². The highest BCUT2D eigenvalue weighted by Crippen LogP contribution is 2.45. The summed E-state index contributed by atoms with van der Waals surface area (Å²) in [6.07, 6.45) is 3.51. The molecule has 2 aromatic rings. The number of aromatic nitrogens is 2. The van der Waals surface area contributed by atoms with E-state index in [1.54, 1.807) is 0 Å². The largest absolute Gasteiger partial charge is 0.389 e. The maximum atomic E-state index is 10.9. The lowest BCUT2D eigenvalue weighted by atomic mass is 9.87. The van der Waals surface area contributed by atoms with Gasteiger partial charge in [-0.2, -0.15) is 5.10 Å². The number of hydrogen-bond donors (Lipinski definition) is 1. The number of para-hydroxylation sites is 1. The second-order valence-electron chi connectivity index (χ2n) is 7.02. The minimum Gasteiger partial charge on any atom is -0.389 e. The highest BCUT2D eigenvalue weighted by atomic mass is 16.3. The number of aliphatic hydroxyl groups is 1. The van der Waals surface area contributed by atoms with Gasteiger partial charge in [-0.3, -0.25) is 4.68 Å². The SMILES string of the molecule is CCn1nc(CC2(O)CCC(C)(C)C2)c2ccccc21. The van der Waals surface area contributed by atoms with Crippen molar-refractivity contribution in [3.8, 4) is 0 Å². The number of nitrogens with zero attached hydrogens (tertiary/aromatic N) is 2. The van der Waals surface area contributed by atoms with Crippen LogP contribution in [0.4, 0.5) is 0 Å². The molecule has 1 atom stereocenters. The van der Waals surface area contributed by atoms with Gasteiger partial charge in [0.05, 0.1) is 16.8 Å². The van der Waals surface area contributed by atoms with Crippen molar-refractivity contribution >= 4 is 10.9 Å². The van der Waals surface area contributed by atoms with Crippen LogP contribution in [0.3, 0.4) is 0 Å². The van der Waals surface area contributed by atoms with Crippen molar-refractivity contribution in [2.75, 3.05) is 0 Å². The van der Waals surface area contributed by atoms with Gasteiger partial charge in [-0.25, -0.2) is 0 Å². The van der Waals surface area contributed by atoms with Crippen LogP contribution in [0.2, 0.25) is 0 Å². The summed E-state index contributed by atoms with van der Waals surface area (Å²) in [5.74, 6) is 0. The third kappa shape index (κ3) is 2.35.